The number of ether oxygens (including phenoxy) is 3. The standard InChI is InChI=1S/C33H43N3O5/c1-36(25-20-27(21-25)40-17-3-2-7-24-13-12-23-6-5-16-34-32(23)35-24)31(33(37)38)28-8-4-9-29(30(28)22-10-11-22)41-26-14-18-39-19-15-26/h4-6,8-9,13,16,22,25-27,31H,2-3,7,10-12,14-15,17-21H2,1H3,(H,34,35)(H,37,38)/t25?,27?,31-/m1/s1. The van der Waals surface area contributed by atoms with Gasteiger partial charge in [0.2, 0.25) is 0 Å². The van der Waals surface area contributed by atoms with E-state index in [9.17, 15) is 9.90 Å². The zero-order valence-electron chi connectivity index (χ0n) is 24.1. The van der Waals surface area contributed by atoms with E-state index in [1.165, 1.54) is 11.3 Å². The van der Waals surface area contributed by atoms with Crippen LogP contribution in [0.5, 0.6) is 5.75 Å². The van der Waals surface area contributed by atoms with E-state index >= 15 is 0 Å². The summed E-state index contributed by atoms with van der Waals surface area (Å²) in [6.45, 7) is 2.18. The first-order chi connectivity index (χ1) is 20.1. The molecular weight excluding hydrogens is 518 g/mol. The first-order valence-electron chi connectivity index (χ1n) is 15.4. The van der Waals surface area contributed by atoms with Crippen molar-refractivity contribution in [1.29, 1.82) is 0 Å². The molecule has 0 unspecified atom stereocenters. The summed E-state index contributed by atoms with van der Waals surface area (Å²) in [5.74, 6) is 1.43. The summed E-state index contributed by atoms with van der Waals surface area (Å²) in [7, 11) is 1.96. The molecule has 41 heavy (non-hydrogen) atoms. The smallest absolute Gasteiger partial charge is 0.325 e. The number of allylic oxidation sites excluding steroid dienone is 2. The van der Waals surface area contributed by atoms with Crippen molar-refractivity contribution < 1.29 is 24.1 Å². The molecule has 0 bridgehead atoms. The molecule has 2 saturated carbocycles. The number of aliphatic carboxylic acids is 1. The van der Waals surface area contributed by atoms with Crippen LogP contribution < -0.4 is 10.1 Å². The highest BCUT2D eigenvalue weighted by atomic mass is 16.5. The van der Waals surface area contributed by atoms with Crippen LogP contribution in [0.3, 0.4) is 0 Å². The highest BCUT2D eigenvalue weighted by Gasteiger charge is 2.41. The maximum absolute atomic E-state index is 12.7. The van der Waals surface area contributed by atoms with Crippen LogP contribution in [-0.4, -0.2) is 66.1 Å². The summed E-state index contributed by atoms with van der Waals surface area (Å²) in [6.07, 6.45) is 14.1. The number of likely N-dealkylation sites (N-methyl/N-ethyl adjacent to an activating group) is 1. The second-order valence-corrected chi connectivity index (χ2v) is 12.0. The molecule has 2 aliphatic heterocycles. The van der Waals surface area contributed by atoms with Gasteiger partial charge in [0.1, 0.15) is 23.7 Å². The maximum Gasteiger partial charge on any atom is 0.325 e. The average Bonchev–Trinajstić information content (AvgIpc) is 3.80. The number of nitrogens with one attached hydrogen (secondary N) is 1. The molecule has 3 fully saturated rings. The zero-order chi connectivity index (χ0) is 28.2. The monoisotopic (exact) mass is 561 g/mol. The molecule has 2 aliphatic carbocycles. The molecule has 1 aromatic carbocycles. The minimum Gasteiger partial charge on any atom is -0.490 e. The Kier molecular flexibility index (Phi) is 8.89. The largest absolute Gasteiger partial charge is 0.490 e. The number of carboxylic acids is 1. The Morgan fingerprint density at radius 3 is 2.73 bits per heavy atom. The predicted molar refractivity (Wildman–Crippen MR) is 157 cm³/mol. The fourth-order valence-corrected chi connectivity index (χ4v) is 6.41. The molecule has 1 saturated heterocycles. The lowest BCUT2D eigenvalue weighted by atomic mass is 9.85. The number of fused-ring (bicyclic) bond motifs is 1. The van der Waals surface area contributed by atoms with Gasteiger partial charge < -0.3 is 24.6 Å². The fraction of sp³-hybridized carbons (Fsp3) is 0.576. The number of unbranched alkanes of at least 4 members (excludes halogenated alkanes) is 1. The van der Waals surface area contributed by atoms with E-state index in [0.29, 0.717) is 5.92 Å². The molecule has 8 heteroatoms. The molecule has 2 aromatic rings. The van der Waals surface area contributed by atoms with E-state index in [-0.39, 0.29) is 18.2 Å². The van der Waals surface area contributed by atoms with E-state index in [2.05, 4.69) is 27.3 Å². The zero-order valence-corrected chi connectivity index (χ0v) is 24.1. The molecule has 0 spiro atoms. The van der Waals surface area contributed by atoms with Crippen LogP contribution in [0.1, 0.15) is 86.4 Å². The molecular formula is C33H43N3O5. The van der Waals surface area contributed by atoms with Crippen LogP contribution in [0.4, 0.5) is 5.82 Å². The Bertz CT molecular complexity index is 1230. The highest BCUT2D eigenvalue weighted by Crippen LogP contribution is 2.49. The quantitative estimate of drug-likeness (QED) is 0.295. The molecule has 0 radical (unpaired) electrons. The number of aromatic nitrogens is 1. The molecule has 8 nitrogen and oxygen atoms in total. The number of nitrogens with zero attached hydrogens (tertiary/aromatic N) is 2. The molecule has 0 amide bonds. The maximum atomic E-state index is 12.7. The van der Waals surface area contributed by atoms with Gasteiger partial charge in [0, 0.05) is 42.9 Å². The Morgan fingerprint density at radius 1 is 1.12 bits per heavy atom. The third kappa shape index (κ3) is 6.76. The van der Waals surface area contributed by atoms with Crippen molar-refractivity contribution in [2.75, 3.05) is 32.2 Å². The Labute approximate surface area is 243 Å². The average molecular weight is 562 g/mol. The van der Waals surface area contributed by atoms with Gasteiger partial charge in [-0.25, -0.2) is 4.98 Å². The highest BCUT2D eigenvalue weighted by molar-refractivity contribution is 5.77. The molecule has 3 heterocycles. The number of carbonyl (C=O) groups is 1. The van der Waals surface area contributed by atoms with Crippen LogP contribution in [0, 0.1) is 0 Å². The summed E-state index contributed by atoms with van der Waals surface area (Å²) in [6, 6.07) is 9.58. The number of rotatable bonds is 13. The van der Waals surface area contributed by atoms with Crippen LogP contribution >= 0.6 is 0 Å². The number of hydrogen-bond donors (Lipinski definition) is 2. The summed E-state index contributed by atoms with van der Waals surface area (Å²) in [5, 5.41) is 13.8. The topological polar surface area (TPSA) is 93.2 Å². The third-order valence-electron chi connectivity index (χ3n) is 9.06. The van der Waals surface area contributed by atoms with Gasteiger partial charge >= 0.3 is 5.97 Å². The van der Waals surface area contributed by atoms with Crippen molar-refractivity contribution in [3.05, 3.63) is 65.0 Å². The van der Waals surface area contributed by atoms with E-state index in [1.807, 2.05) is 37.5 Å². The van der Waals surface area contributed by atoms with Gasteiger partial charge in [-0.05, 0) is 87.6 Å². The number of pyridine rings is 1. The van der Waals surface area contributed by atoms with Gasteiger partial charge in [-0.1, -0.05) is 24.3 Å². The Hall–Kier alpha value is -2.94. The van der Waals surface area contributed by atoms with Crippen LogP contribution in [0.2, 0.25) is 0 Å². The second kappa shape index (κ2) is 12.9. The molecule has 2 N–H and O–H groups in total. The van der Waals surface area contributed by atoms with Gasteiger partial charge in [-0.3, -0.25) is 9.69 Å². The summed E-state index contributed by atoms with van der Waals surface area (Å²) < 4.78 is 18.1. The Balaban J connectivity index is 0.988. The van der Waals surface area contributed by atoms with E-state index in [1.54, 1.807) is 0 Å². The van der Waals surface area contributed by atoms with Crippen LogP contribution in [-0.2, 0) is 20.7 Å². The lowest BCUT2D eigenvalue weighted by Gasteiger charge is -2.43. The fourth-order valence-electron chi connectivity index (χ4n) is 6.41. The first kappa shape index (κ1) is 28.2. The third-order valence-corrected chi connectivity index (χ3v) is 9.06. The van der Waals surface area contributed by atoms with Crippen molar-refractivity contribution in [3.8, 4) is 5.75 Å². The minimum absolute atomic E-state index is 0.131. The van der Waals surface area contributed by atoms with Crippen molar-refractivity contribution in [2.45, 2.75) is 94.4 Å². The SMILES string of the molecule is CN(C1CC(OCCCCC2=CCc3cccnc3N2)C1)[C@@H](C(=O)O)c1cccc(OC2CCOCC2)c1C1CC1. The molecule has 220 valence electrons. The number of carboxylic acid groups (broad SMARTS) is 1. The molecule has 4 aliphatic rings. The van der Waals surface area contributed by atoms with Crippen molar-refractivity contribution in [3.63, 3.8) is 0 Å². The lowest BCUT2D eigenvalue weighted by molar-refractivity contribution is -0.146. The first-order valence-corrected chi connectivity index (χ1v) is 15.4. The summed E-state index contributed by atoms with van der Waals surface area (Å²) in [5.41, 5.74) is 4.48. The predicted octanol–water partition coefficient (Wildman–Crippen LogP) is 5.84. The van der Waals surface area contributed by atoms with E-state index < -0.39 is 12.0 Å². The summed E-state index contributed by atoms with van der Waals surface area (Å²) >= 11 is 0. The van der Waals surface area contributed by atoms with Crippen molar-refractivity contribution in [1.82, 2.24) is 9.88 Å². The van der Waals surface area contributed by atoms with Gasteiger partial charge in [-0.2, -0.15) is 0 Å². The van der Waals surface area contributed by atoms with Crippen LogP contribution in [0.15, 0.2) is 48.3 Å². The molecule has 1 aromatic heterocycles. The van der Waals surface area contributed by atoms with Crippen molar-refractivity contribution in [2.24, 2.45) is 0 Å². The molecule has 6 rings (SSSR count). The summed E-state index contributed by atoms with van der Waals surface area (Å²) in [4.78, 5) is 19.1. The van der Waals surface area contributed by atoms with Gasteiger partial charge in [-0.15, -0.1) is 0 Å². The number of anilines is 1. The van der Waals surface area contributed by atoms with Gasteiger partial charge in [0.05, 0.1) is 19.3 Å². The van der Waals surface area contributed by atoms with Gasteiger partial charge in [0.25, 0.3) is 0 Å². The Morgan fingerprint density at radius 2 is 1.95 bits per heavy atom. The number of hydrogen-bond acceptors (Lipinski definition) is 7. The normalized spacial score (nSPS) is 23.2. The number of benzene rings is 1. The van der Waals surface area contributed by atoms with Crippen LogP contribution in [0.25, 0.3) is 0 Å². The minimum atomic E-state index is -0.801. The van der Waals surface area contributed by atoms with Crippen molar-refractivity contribution >= 4 is 11.8 Å². The van der Waals surface area contributed by atoms with E-state index in [0.717, 1.165) is 107 Å². The lowest BCUT2D eigenvalue weighted by Crippen LogP contribution is -2.49. The van der Waals surface area contributed by atoms with Gasteiger partial charge in [0.15, 0.2) is 0 Å². The second-order valence-electron chi connectivity index (χ2n) is 12.0. The molecule has 1 atom stereocenters. The van der Waals surface area contributed by atoms with E-state index in [4.69, 9.17) is 14.2 Å².